The fourth-order valence-corrected chi connectivity index (χ4v) is 3.59. The van der Waals surface area contributed by atoms with E-state index in [4.69, 9.17) is 4.42 Å². The van der Waals surface area contributed by atoms with E-state index in [9.17, 15) is 14.4 Å². The molecule has 0 bridgehead atoms. The average molecular weight is 388 g/mol. The topological polar surface area (TPSA) is 110 Å². The first-order valence-corrected chi connectivity index (χ1v) is 9.03. The molecular formula is C16H16N6O4S. The third-order valence-corrected chi connectivity index (χ3v) is 5.26. The molecule has 10 nitrogen and oxygen atoms in total. The van der Waals surface area contributed by atoms with Crippen LogP contribution in [0.5, 0.6) is 0 Å². The number of imidazole rings is 1. The summed E-state index contributed by atoms with van der Waals surface area (Å²) in [4.78, 5) is 41.7. The molecule has 4 aromatic rings. The Bertz CT molecular complexity index is 1290. The van der Waals surface area contributed by atoms with Gasteiger partial charge in [-0.3, -0.25) is 13.9 Å². The minimum atomic E-state index is -0.550. The molecule has 0 saturated heterocycles. The van der Waals surface area contributed by atoms with Crippen molar-refractivity contribution < 1.29 is 4.42 Å². The van der Waals surface area contributed by atoms with E-state index >= 15 is 0 Å². The first-order valence-electron chi connectivity index (χ1n) is 8.16. The summed E-state index contributed by atoms with van der Waals surface area (Å²) in [5.41, 5.74) is -0.412. The van der Waals surface area contributed by atoms with Crippen molar-refractivity contribution in [2.75, 3.05) is 0 Å². The van der Waals surface area contributed by atoms with Gasteiger partial charge >= 0.3 is 11.4 Å². The van der Waals surface area contributed by atoms with E-state index in [2.05, 4.69) is 10.1 Å². The van der Waals surface area contributed by atoms with E-state index in [1.165, 1.54) is 27.2 Å². The Hall–Kier alpha value is -3.21. The van der Waals surface area contributed by atoms with Gasteiger partial charge in [0, 0.05) is 25.4 Å². The van der Waals surface area contributed by atoms with E-state index in [-0.39, 0.29) is 23.6 Å². The first kappa shape index (κ1) is 17.2. The Kier molecular flexibility index (Phi) is 4.15. The fourth-order valence-electron chi connectivity index (χ4n) is 2.89. The summed E-state index contributed by atoms with van der Waals surface area (Å²) in [5, 5.41) is 6.18. The highest BCUT2D eigenvalue weighted by atomic mass is 32.1. The van der Waals surface area contributed by atoms with Crippen molar-refractivity contribution in [3.8, 4) is 0 Å². The van der Waals surface area contributed by atoms with Gasteiger partial charge in [0.25, 0.3) is 5.56 Å². The molecule has 4 aromatic heterocycles. The zero-order chi connectivity index (χ0) is 19.1. The molecule has 140 valence electrons. The summed E-state index contributed by atoms with van der Waals surface area (Å²) in [6, 6.07) is 3.95. The van der Waals surface area contributed by atoms with Crippen molar-refractivity contribution in [1.82, 2.24) is 28.5 Å². The molecule has 0 aromatic carbocycles. The number of hydrogen-bond donors (Lipinski definition) is 0. The number of aromatic nitrogens is 6. The van der Waals surface area contributed by atoms with E-state index in [0.717, 1.165) is 9.44 Å². The Morgan fingerprint density at radius 2 is 2.00 bits per heavy atom. The lowest BCUT2D eigenvalue weighted by Gasteiger charge is -2.04. The van der Waals surface area contributed by atoms with Crippen LogP contribution in [-0.2, 0) is 33.6 Å². The minimum absolute atomic E-state index is 0.0607. The molecule has 4 heterocycles. The molecule has 11 heteroatoms. The predicted molar refractivity (Wildman–Crippen MR) is 98.1 cm³/mol. The van der Waals surface area contributed by atoms with Crippen LogP contribution in [0.1, 0.15) is 10.8 Å². The summed E-state index contributed by atoms with van der Waals surface area (Å²) in [7, 11) is 2.95. The van der Waals surface area contributed by atoms with Crippen molar-refractivity contribution >= 4 is 22.5 Å². The Labute approximate surface area is 155 Å². The maximum atomic E-state index is 12.5. The summed E-state index contributed by atoms with van der Waals surface area (Å²) < 4.78 is 10.3. The van der Waals surface area contributed by atoms with E-state index in [1.54, 1.807) is 18.4 Å². The molecule has 0 amide bonds. The smallest absolute Gasteiger partial charge is 0.390 e. The highest BCUT2D eigenvalue weighted by Gasteiger charge is 2.16. The third-order valence-electron chi connectivity index (χ3n) is 4.32. The zero-order valence-corrected chi connectivity index (χ0v) is 15.5. The monoisotopic (exact) mass is 388 g/mol. The number of thiophene rings is 1. The maximum Gasteiger partial charge on any atom is 0.437 e. The largest absolute Gasteiger partial charge is 0.437 e. The SMILES string of the molecule is Cn1c(=O)c2c(ncn2Cc2nn(CCc3cccs3)c(=O)o2)n(C)c1=O. The minimum Gasteiger partial charge on any atom is -0.390 e. The quantitative estimate of drug-likeness (QED) is 0.474. The van der Waals surface area contributed by atoms with Gasteiger partial charge in [0.1, 0.15) is 6.54 Å². The molecule has 0 aliphatic heterocycles. The molecule has 4 rings (SSSR count). The Balaban J connectivity index is 1.65. The fraction of sp³-hybridized carbons (Fsp3) is 0.312. The number of fused-ring (bicyclic) bond motifs is 1. The lowest BCUT2D eigenvalue weighted by atomic mass is 10.3. The summed E-state index contributed by atoms with van der Waals surface area (Å²) in [5.74, 6) is -0.382. The number of aryl methyl sites for hydroxylation is 3. The summed E-state index contributed by atoms with van der Waals surface area (Å²) in [6.07, 6.45) is 2.11. The highest BCUT2D eigenvalue weighted by Crippen LogP contribution is 2.10. The molecular weight excluding hydrogens is 372 g/mol. The molecule has 0 radical (unpaired) electrons. The molecule has 0 saturated carbocycles. The molecule has 0 aliphatic carbocycles. The van der Waals surface area contributed by atoms with Gasteiger partial charge in [-0.25, -0.2) is 14.6 Å². The van der Waals surface area contributed by atoms with E-state index in [0.29, 0.717) is 13.0 Å². The van der Waals surface area contributed by atoms with Gasteiger partial charge < -0.3 is 8.98 Å². The molecule has 0 fully saturated rings. The molecule has 0 atom stereocenters. The standard InChI is InChI=1S/C16H16N6O4S/c1-19-13-12(14(23)20(2)15(19)24)21(9-17-13)8-11-18-22(16(25)26-11)6-5-10-4-3-7-27-10/h3-4,7,9H,5-6,8H2,1-2H3. The molecule has 0 aliphatic rings. The maximum absolute atomic E-state index is 12.5. The highest BCUT2D eigenvalue weighted by molar-refractivity contribution is 7.09. The molecule has 0 unspecified atom stereocenters. The van der Waals surface area contributed by atoms with Crippen LogP contribution in [0.3, 0.4) is 0 Å². The van der Waals surface area contributed by atoms with Crippen molar-refractivity contribution in [2.24, 2.45) is 14.1 Å². The zero-order valence-electron chi connectivity index (χ0n) is 14.7. The lowest BCUT2D eigenvalue weighted by molar-refractivity contribution is 0.438. The van der Waals surface area contributed by atoms with Crippen LogP contribution < -0.4 is 17.0 Å². The second kappa shape index (κ2) is 6.50. The van der Waals surface area contributed by atoms with Crippen molar-refractivity contribution in [3.63, 3.8) is 0 Å². The van der Waals surface area contributed by atoms with Gasteiger partial charge in [0.15, 0.2) is 11.2 Å². The van der Waals surface area contributed by atoms with Gasteiger partial charge in [-0.15, -0.1) is 16.4 Å². The molecule has 0 spiro atoms. The van der Waals surface area contributed by atoms with Crippen LogP contribution in [0.15, 0.2) is 42.6 Å². The van der Waals surface area contributed by atoms with Gasteiger partial charge in [0.2, 0.25) is 5.89 Å². The van der Waals surface area contributed by atoms with Crippen LogP contribution in [-0.4, -0.2) is 28.5 Å². The van der Waals surface area contributed by atoms with Crippen LogP contribution >= 0.6 is 11.3 Å². The third kappa shape index (κ3) is 2.95. The molecule has 0 N–H and O–H groups in total. The summed E-state index contributed by atoms with van der Waals surface area (Å²) >= 11 is 1.61. The van der Waals surface area contributed by atoms with E-state index in [1.807, 2.05) is 17.5 Å². The van der Waals surface area contributed by atoms with Crippen LogP contribution in [0.4, 0.5) is 0 Å². The first-order chi connectivity index (χ1) is 13.0. The van der Waals surface area contributed by atoms with Crippen molar-refractivity contribution in [1.29, 1.82) is 0 Å². The van der Waals surface area contributed by atoms with E-state index < -0.39 is 17.0 Å². The average Bonchev–Trinajstić information content (AvgIpc) is 3.37. The molecule has 27 heavy (non-hydrogen) atoms. The van der Waals surface area contributed by atoms with Crippen LogP contribution in [0.2, 0.25) is 0 Å². The second-order valence-corrected chi connectivity index (χ2v) is 7.10. The number of nitrogens with zero attached hydrogens (tertiary/aromatic N) is 6. The van der Waals surface area contributed by atoms with Crippen molar-refractivity contribution in [2.45, 2.75) is 19.5 Å². The number of rotatable bonds is 5. The van der Waals surface area contributed by atoms with Gasteiger partial charge in [0.05, 0.1) is 12.9 Å². The van der Waals surface area contributed by atoms with Gasteiger partial charge in [-0.2, -0.15) is 4.68 Å². The number of hydrogen-bond acceptors (Lipinski definition) is 7. The Morgan fingerprint density at radius 3 is 2.74 bits per heavy atom. The normalized spacial score (nSPS) is 11.5. The van der Waals surface area contributed by atoms with Crippen molar-refractivity contribution in [3.05, 3.63) is 66.0 Å². The Morgan fingerprint density at radius 1 is 1.19 bits per heavy atom. The lowest BCUT2D eigenvalue weighted by Crippen LogP contribution is -2.37. The van der Waals surface area contributed by atoms with Crippen LogP contribution in [0, 0.1) is 0 Å². The van der Waals surface area contributed by atoms with Gasteiger partial charge in [-0.1, -0.05) is 6.07 Å². The summed E-state index contributed by atoms with van der Waals surface area (Å²) in [6.45, 7) is 0.467. The predicted octanol–water partition coefficient (Wildman–Crippen LogP) is -0.0641. The second-order valence-electron chi connectivity index (χ2n) is 6.06. The van der Waals surface area contributed by atoms with Gasteiger partial charge in [-0.05, 0) is 11.4 Å². The van der Waals surface area contributed by atoms with Crippen LogP contribution in [0.25, 0.3) is 11.2 Å².